The first kappa shape index (κ1) is 17.9. The van der Waals surface area contributed by atoms with E-state index in [2.05, 4.69) is 15.3 Å². The summed E-state index contributed by atoms with van der Waals surface area (Å²) in [6.07, 6.45) is 5.52. The van der Waals surface area contributed by atoms with E-state index in [1.54, 1.807) is 0 Å². The number of rotatable bonds is 3. The topological polar surface area (TPSA) is 92.3 Å². The summed E-state index contributed by atoms with van der Waals surface area (Å²) in [6.45, 7) is -0.0599. The van der Waals surface area contributed by atoms with Gasteiger partial charge in [0.25, 0.3) is 5.91 Å². The molecule has 1 aromatic heterocycles. The summed E-state index contributed by atoms with van der Waals surface area (Å²) in [5.74, 6) is -0.817. The fraction of sp³-hybridized carbons (Fsp3) is 0.421. The van der Waals surface area contributed by atoms with Gasteiger partial charge < -0.3 is 4.90 Å². The van der Waals surface area contributed by atoms with Crippen molar-refractivity contribution in [1.29, 1.82) is 0 Å². The lowest BCUT2D eigenvalue weighted by Gasteiger charge is -2.47. The van der Waals surface area contributed by atoms with E-state index in [0.29, 0.717) is 12.8 Å². The summed E-state index contributed by atoms with van der Waals surface area (Å²) in [5.41, 5.74) is -0.0592. The van der Waals surface area contributed by atoms with E-state index in [1.807, 2.05) is 24.3 Å². The lowest BCUT2D eigenvalue weighted by Crippen LogP contribution is -2.69. The maximum absolute atomic E-state index is 13.0. The van der Waals surface area contributed by atoms with E-state index in [4.69, 9.17) is 0 Å². The normalized spacial score (nSPS) is 19.3. The summed E-state index contributed by atoms with van der Waals surface area (Å²) in [7, 11) is 0. The van der Waals surface area contributed by atoms with Crippen molar-refractivity contribution in [2.75, 3.05) is 12.3 Å². The molecule has 4 rings (SSSR count). The van der Waals surface area contributed by atoms with Gasteiger partial charge >= 0.3 is 0 Å². The second-order valence-electron chi connectivity index (χ2n) is 6.93. The number of carbonyl (C=O) groups excluding carboxylic acids is 3. The highest BCUT2D eigenvalue weighted by Crippen LogP contribution is 2.36. The maximum atomic E-state index is 13.0. The number of imide groups is 1. The van der Waals surface area contributed by atoms with Crippen molar-refractivity contribution in [3.8, 4) is 0 Å². The van der Waals surface area contributed by atoms with Crippen molar-refractivity contribution in [3.63, 3.8) is 0 Å². The van der Waals surface area contributed by atoms with Gasteiger partial charge in [-0.2, -0.15) is 0 Å². The van der Waals surface area contributed by atoms with Gasteiger partial charge in [0.15, 0.2) is 0 Å². The third-order valence-corrected chi connectivity index (χ3v) is 6.30. The number of piperazine rings is 1. The van der Waals surface area contributed by atoms with Crippen molar-refractivity contribution in [3.05, 3.63) is 30.6 Å². The molecule has 1 saturated carbocycles. The van der Waals surface area contributed by atoms with Crippen LogP contribution in [0.15, 0.2) is 35.6 Å². The van der Waals surface area contributed by atoms with E-state index >= 15 is 0 Å². The van der Waals surface area contributed by atoms with Gasteiger partial charge in [-0.15, -0.1) is 0 Å². The number of hydrogen-bond donors (Lipinski definition) is 1. The molecule has 2 heterocycles. The molecule has 0 bridgehead atoms. The summed E-state index contributed by atoms with van der Waals surface area (Å²) < 4.78 is 0. The second kappa shape index (κ2) is 7.26. The molecule has 1 N–H and O–H groups in total. The third kappa shape index (κ3) is 3.29. The SMILES string of the molecule is O=C1CN(C(=O)CSc2ncnc3ccccc23)C2(CCCCC2)C(=O)N1. The number of aromatic nitrogens is 2. The Kier molecular flexibility index (Phi) is 4.82. The predicted octanol–water partition coefficient (Wildman–Crippen LogP) is 1.91. The molecule has 7 nitrogen and oxygen atoms in total. The molecular formula is C19H20N4O3S. The van der Waals surface area contributed by atoms with E-state index in [-0.39, 0.29) is 24.1 Å². The fourth-order valence-electron chi connectivity index (χ4n) is 3.96. The van der Waals surface area contributed by atoms with Crippen molar-refractivity contribution in [1.82, 2.24) is 20.2 Å². The molecule has 1 saturated heterocycles. The van der Waals surface area contributed by atoms with Crippen LogP contribution in [0.1, 0.15) is 32.1 Å². The minimum atomic E-state index is -0.877. The first-order valence-corrected chi connectivity index (χ1v) is 10.1. The Morgan fingerprint density at radius 3 is 2.74 bits per heavy atom. The van der Waals surface area contributed by atoms with E-state index < -0.39 is 11.4 Å². The van der Waals surface area contributed by atoms with Crippen molar-refractivity contribution in [2.24, 2.45) is 0 Å². The molecular weight excluding hydrogens is 364 g/mol. The van der Waals surface area contributed by atoms with Crippen LogP contribution in [0.5, 0.6) is 0 Å². The number of nitrogens with zero attached hydrogens (tertiary/aromatic N) is 3. The smallest absolute Gasteiger partial charge is 0.252 e. The van der Waals surface area contributed by atoms with Crippen molar-refractivity contribution < 1.29 is 14.4 Å². The molecule has 2 aromatic rings. The summed E-state index contributed by atoms with van der Waals surface area (Å²) in [4.78, 5) is 47.5. The van der Waals surface area contributed by atoms with E-state index in [1.165, 1.54) is 23.0 Å². The Balaban J connectivity index is 1.55. The number of nitrogens with one attached hydrogen (secondary N) is 1. The molecule has 27 heavy (non-hydrogen) atoms. The van der Waals surface area contributed by atoms with Crippen LogP contribution in [0.4, 0.5) is 0 Å². The summed E-state index contributed by atoms with van der Waals surface area (Å²) >= 11 is 1.32. The Morgan fingerprint density at radius 2 is 1.93 bits per heavy atom. The minimum absolute atomic E-state index is 0.0599. The Morgan fingerprint density at radius 1 is 1.15 bits per heavy atom. The number of para-hydroxylation sites is 1. The average molecular weight is 384 g/mol. The molecule has 140 valence electrons. The Bertz CT molecular complexity index is 905. The fourth-order valence-corrected chi connectivity index (χ4v) is 4.83. The molecule has 0 atom stereocenters. The van der Waals surface area contributed by atoms with Gasteiger partial charge in [-0.3, -0.25) is 19.7 Å². The average Bonchev–Trinajstić information content (AvgIpc) is 2.70. The molecule has 2 aliphatic rings. The number of hydrogen-bond acceptors (Lipinski definition) is 6. The van der Waals surface area contributed by atoms with Crippen LogP contribution in [-0.2, 0) is 14.4 Å². The van der Waals surface area contributed by atoms with E-state index in [0.717, 1.165) is 35.2 Å². The molecule has 1 aliphatic heterocycles. The summed E-state index contributed by atoms with van der Waals surface area (Å²) in [5, 5.41) is 4.03. The van der Waals surface area contributed by atoms with Crippen LogP contribution >= 0.6 is 11.8 Å². The third-order valence-electron chi connectivity index (χ3n) is 5.31. The molecule has 3 amide bonds. The standard InChI is InChI=1S/C19H20N4O3S/c24-15-10-23(19(18(26)22-15)8-4-1-5-9-19)16(25)11-27-17-13-6-2-3-7-14(13)20-12-21-17/h2-3,6-7,12H,1,4-5,8-11H2,(H,22,24,26). The zero-order valence-corrected chi connectivity index (χ0v) is 15.6. The predicted molar refractivity (Wildman–Crippen MR) is 101 cm³/mol. The van der Waals surface area contributed by atoms with Crippen molar-refractivity contribution in [2.45, 2.75) is 42.7 Å². The Hall–Kier alpha value is -2.48. The van der Waals surface area contributed by atoms with Crippen LogP contribution in [0.2, 0.25) is 0 Å². The van der Waals surface area contributed by atoms with Gasteiger partial charge in [-0.25, -0.2) is 9.97 Å². The van der Waals surface area contributed by atoms with Crippen LogP contribution in [-0.4, -0.2) is 50.4 Å². The highest BCUT2D eigenvalue weighted by molar-refractivity contribution is 8.00. The number of thioether (sulfide) groups is 1. The van der Waals surface area contributed by atoms with Gasteiger partial charge in [0, 0.05) is 5.39 Å². The van der Waals surface area contributed by atoms with Crippen LogP contribution in [0.25, 0.3) is 10.9 Å². The molecule has 0 radical (unpaired) electrons. The van der Waals surface area contributed by atoms with Crippen molar-refractivity contribution >= 4 is 40.4 Å². The van der Waals surface area contributed by atoms with Crippen LogP contribution < -0.4 is 5.32 Å². The molecule has 0 unspecified atom stereocenters. The summed E-state index contributed by atoms with van der Waals surface area (Å²) in [6, 6.07) is 7.62. The highest BCUT2D eigenvalue weighted by Gasteiger charge is 2.50. The first-order chi connectivity index (χ1) is 13.1. The van der Waals surface area contributed by atoms with Gasteiger partial charge in [0.05, 0.1) is 11.3 Å². The van der Waals surface area contributed by atoms with E-state index in [9.17, 15) is 14.4 Å². The lowest BCUT2D eigenvalue weighted by atomic mass is 9.78. The largest absolute Gasteiger partial charge is 0.318 e. The first-order valence-electron chi connectivity index (χ1n) is 9.07. The minimum Gasteiger partial charge on any atom is -0.318 e. The molecule has 2 fully saturated rings. The zero-order chi connectivity index (χ0) is 18.9. The number of amides is 3. The second-order valence-corrected chi connectivity index (χ2v) is 7.90. The van der Waals surface area contributed by atoms with Crippen LogP contribution in [0, 0.1) is 0 Å². The molecule has 1 spiro atoms. The quantitative estimate of drug-likeness (QED) is 0.494. The Labute approximate surface area is 160 Å². The van der Waals surface area contributed by atoms with Gasteiger partial charge in [-0.05, 0) is 18.9 Å². The number of fused-ring (bicyclic) bond motifs is 1. The molecule has 8 heteroatoms. The van der Waals surface area contributed by atoms with Gasteiger partial charge in [-0.1, -0.05) is 49.2 Å². The lowest BCUT2D eigenvalue weighted by molar-refractivity contribution is -0.158. The maximum Gasteiger partial charge on any atom is 0.252 e. The molecule has 1 aromatic carbocycles. The van der Waals surface area contributed by atoms with Gasteiger partial charge in [0.2, 0.25) is 11.8 Å². The molecule has 1 aliphatic carbocycles. The number of benzene rings is 1. The zero-order valence-electron chi connectivity index (χ0n) is 14.8. The monoisotopic (exact) mass is 384 g/mol. The highest BCUT2D eigenvalue weighted by atomic mass is 32.2. The van der Waals surface area contributed by atoms with Crippen LogP contribution in [0.3, 0.4) is 0 Å². The van der Waals surface area contributed by atoms with Gasteiger partial charge in [0.1, 0.15) is 23.4 Å². The number of carbonyl (C=O) groups is 3.